The molecule has 0 aromatic heterocycles. The van der Waals surface area contributed by atoms with E-state index in [9.17, 15) is 34.7 Å². The predicted molar refractivity (Wildman–Crippen MR) is 222 cm³/mol. The van der Waals surface area contributed by atoms with Crippen LogP contribution in [-0.2, 0) is 23.1 Å². The third kappa shape index (κ3) is 28.1. The Labute approximate surface area is 340 Å². The van der Waals surface area contributed by atoms with Gasteiger partial charge in [0.1, 0.15) is 13.2 Å². The minimum absolute atomic E-state index is 0.0511. The number of unbranched alkanes of at least 4 members (excludes halogenated alkanes) is 14. The van der Waals surface area contributed by atoms with Crippen LogP contribution < -0.4 is 10.2 Å². The molecule has 0 bridgehead atoms. The molecule has 1 fully saturated rings. The summed E-state index contributed by atoms with van der Waals surface area (Å²) < 4.78 is 28.8. The summed E-state index contributed by atoms with van der Waals surface area (Å²) in [6.45, 7) is 4.28. The minimum Gasteiger partial charge on any atom is -0.756 e. The lowest BCUT2D eigenvalue weighted by Gasteiger charge is -2.36. The largest absolute Gasteiger partial charge is 0.756 e. The SMILES string of the molecule is CCCCCCCCCCCCC/C=C/[C@@H](O)[C@H](COP(=O)([O-])OCC[N+](C)(C)C)NC(=O)CCC/C=C\C[C@H]1[C@@H](O)CC(O)O[C@@H]1/C=C/[C@@H](O)CCCCC. The minimum atomic E-state index is -4.66. The molecule has 1 heterocycles. The molecule has 5 N–H and O–H groups in total. The van der Waals surface area contributed by atoms with Crippen molar-refractivity contribution < 1.29 is 52.9 Å². The number of quaternary nitrogens is 1. The first-order chi connectivity index (χ1) is 26.7. The first kappa shape index (κ1) is 52.6. The van der Waals surface area contributed by atoms with Crippen LogP contribution in [0.1, 0.15) is 149 Å². The summed E-state index contributed by atoms with van der Waals surface area (Å²) in [4.78, 5) is 25.4. The Morgan fingerprint density at radius 2 is 1.46 bits per heavy atom. The van der Waals surface area contributed by atoms with Crippen LogP contribution in [0.25, 0.3) is 0 Å². The van der Waals surface area contributed by atoms with Crippen molar-refractivity contribution in [2.24, 2.45) is 5.92 Å². The fourth-order valence-electron chi connectivity index (χ4n) is 6.54. The molecule has 0 saturated carbocycles. The van der Waals surface area contributed by atoms with Gasteiger partial charge in [0, 0.05) is 18.8 Å². The van der Waals surface area contributed by atoms with Crippen LogP contribution in [0.5, 0.6) is 0 Å². The summed E-state index contributed by atoms with van der Waals surface area (Å²) in [5.41, 5.74) is 0. The maximum atomic E-state index is 13.0. The Morgan fingerprint density at radius 3 is 2.11 bits per heavy atom. The van der Waals surface area contributed by atoms with Crippen molar-refractivity contribution in [3.05, 3.63) is 36.5 Å². The van der Waals surface area contributed by atoms with Crippen LogP contribution in [0.3, 0.4) is 0 Å². The number of aliphatic hydroxyl groups is 4. The number of aliphatic hydroxyl groups excluding tert-OH is 4. The molecular formula is C43H81N2O10P. The highest BCUT2D eigenvalue weighted by atomic mass is 31.2. The van der Waals surface area contributed by atoms with Crippen molar-refractivity contribution >= 4 is 13.7 Å². The number of nitrogens with one attached hydrogen (secondary N) is 1. The molecule has 0 aliphatic carbocycles. The Bertz CT molecular complexity index is 1130. The number of phosphoric acid groups is 1. The van der Waals surface area contributed by atoms with E-state index in [-0.39, 0.29) is 31.3 Å². The van der Waals surface area contributed by atoms with Gasteiger partial charge >= 0.3 is 0 Å². The molecule has 0 aromatic rings. The van der Waals surface area contributed by atoms with Crippen LogP contribution >= 0.6 is 7.82 Å². The first-order valence-corrected chi connectivity index (χ1v) is 23.2. The summed E-state index contributed by atoms with van der Waals surface area (Å²) in [5.74, 6) is -0.639. The molecule has 0 aromatic carbocycles. The molecule has 1 aliphatic rings. The number of likely N-dealkylation sites (N-methyl/N-ethyl adjacent to an activating group) is 1. The number of nitrogens with zero attached hydrogens (tertiary/aromatic N) is 1. The molecule has 56 heavy (non-hydrogen) atoms. The van der Waals surface area contributed by atoms with E-state index >= 15 is 0 Å². The van der Waals surface area contributed by atoms with Crippen LogP contribution in [0, 0.1) is 5.92 Å². The number of hydrogen-bond acceptors (Lipinski definition) is 10. The van der Waals surface area contributed by atoms with Gasteiger partial charge in [-0.1, -0.05) is 134 Å². The molecule has 12 nitrogen and oxygen atoms in total. The Morgan fingerprint density at radius 1 is 0.857 bits per heavy atom. The second-order valence-electron chi connectivity index (χ2n) is 16.6. The monoisotopic (exact) mass is 817 g/mol. The van der Waals surface area contributed by atoms with Gasteiger partial charge in [-0.15, -0.1) is 0 Å². The number of carbonyl (C=O) groups excluding carboxylic acids is 1. The third-order valence-corrected chi connectivity index (χ3v) is 11.1. The van der Waals surface area contributed by atoms with Crippen LogP contribution in [0.2, 0.25) is 0 Å². The van der Waals surface area contributed by atoms with E-state index in [1.54, 1.807) is 18.2 Å². The molecule has 328 valence electrons. The van der Waals surface area contributed by atoms with Crippen LogP contribution in [0.4, 0.5) is 0 Å². The summed E-state index contributed by atoms with van der Waals surface area (Å²) >= 11 is 0. The van der Waals surface area contributed by atoms with Gasteiger partial charge in [-0.05, 0) is 38.5 Å². The van der Waals surface area contributed by atoms with Gasteiger partial charge in [0.15, 0.2) is 6.29 Å². The van der Waals surface area contributed by atoms with Gasteiger partial charge < -0.3 is 48.9 Å². The Hall–Kier alpha value is -1.44. The fourth-order valence-corrected chi connectivity index (χ4v) is 7.27. The molecular weight excluding hydrogens is 735 g/mol. The van der Waals surface area contributed by atoms with Crippen molar-refractivity contribution in [3.8, 4) is 0 Å². The summed E-state index contributed by atoms with van der Waals surface area (Å²) in [6.07, 6.45) is 26.6. The molecule has 8 atom stereocenters. The van der Waals surface area contributed by atoms with Gasteiger partial charge in [-0.3, -0.25) is 9.36 Å². The summed E-state index contributed by atoms with van der Waals surface area (Å²) in [7, 11) is 1.09. The Kier molecular flexibility index (Phi) is 29.6. The van der Waals surface area contributed by atoms with Gasteiger partial charge in [-0.2, -0.15) is 0 Å². The van der Waals surface area contributed by atoms with Gasteiger partial charge in [-0.25, -0.2) is 0 Å². The maximum absolute atomic E-state index is 13.0. The molecule has 0 radical (unpaired) electrons. The van der Waals surface area contributed by atoms with Crippen molar-refractivity contribution in [1.29, 1.82) is 0 Å². The Balaban J connectivity index is 2.63. The number of carbonyl (C=O) groups is 1. The molecule has 1 saturated heterocycles. The first-order valence-electron chi connectivity index (χ1n) is 21.7. The molecule has 1 amide bonds. The average molecular weight is 817 g/mol. The quantitative estimate of drug-likeness (QED) is 0.0197. The van der Waals surface area contributed by atoms with Crippen molar-refractivity contribution in [1.82, 2.24) is 5.32 Å². The van der Waals surface area contributed by atoms with Gasteiger partial charge in [0.25, 0.3) is 7.82 Å². The zero-order valence-electron chi connectivity index (χ0n) is 35.6. The maximum Gasteiger partial charge on any atom is 0.268 e. The predicted octanol–water partition coefficient (Wildman–Crippen LogP) is 7.00. The van der Waals surface area contributed by atoms with E-state index in [1.165, 1.54) is 57.8 Å². The second-order valence-corrected chi connectivity index (χ2v) is 18.0. The van der Waals surface area contributed by atoms with E-state index < -0.39 is 51.2 Å². The van der Waals surface area contributed by atoms with Crippen LogP contribution in [-0.4, -0.2) is 108 Å². The molecule has 2 unspecified atom stereocenters. The molecule has 13 heteroatoms. The van der Waals surface area contributed by atoms with E-state index in [1.807, 2.05) is 39.4 Å². The topological polar surface area (TPSA) is 178 Å². The second kappa shape index (κ2) is 31.5. The highest BCUT2D eigenvalue weighted by Gasteiger charge is 2.35. The highest BCUT2D eigenvalue weighted by molar-refractivity contribution is 7.45. The number of rotatable bonds is 34. The highest BCUT2D eigenvalue weighted by Crippen LogP contribution is 2.38. The smallest absolute Gasteiger partial charge is 0.268 e. The lowest BCUT2D eigenvalue weighted by atomic mass is 9.87. The lowest BCUT2D eigenvalue weighted by Crippen LogP contribution is -2.45. The number of phosphoric ester groups is 1. The summed E-state index contributed by atoms with van der Waals surface area (Å²) in [6, 6.07) is -0.991. The lowest BCUT2D eigenvalue weighted by molar-refractivity contribution is -0.870. The van der Waals surface area contributed by atoms with E-state index in [2.05, 4.69) is 19.2 Å². The number of allylic oxidation sites excluding steroid dienone is 3. The molecule has 0 spiro atoms. The average Bonchev–Trinajstić information content (AvgIpc) is 3.12. The van der Waals surface area contributed by atoms with Crippen LogP contribution in [0.15, 0.2) is 36.5 Å². The van der Waals surface area contributed by atoms with E-state index in [0.29, 0.717) is 36.7 Å². The normalized spacial score (nSPS) is 22.2. The van der Waals surface area contributed by atoms with Gasteiger partial charge in [0.05, 0.1) is 58.2 Å². The van der Waals surface area contributed by atoms with Crippen molar-refractivity contribution in [2.75, 3.05) is 40.9 Å². The standard InChI is InChI=1S/C43H81N2O10P/c1-6-8-10-11-12-13-14-15-16-17-18-19-24-28-39(47)38(35-54-56(51,52)53-33-32-45(3,4)5)44-42(49)29-25-21-20-23-27-37-40(48)34-43(50)55-41(37)31-30-36(46)26-22-9-7-2/h20,23-24,28,30-31,36-41,43,46-48,50H,6-19,21-22,25-27,29,32-35H2,1-5H3,(H-,44,49,51,52)/b23-20-,28-24+,31-30+/t36-,37-,38-,39+,40-,41+,43?/m0/s1. The number of amides is 1. The molecule has 1 aliphatic heterocycles. The third-order valence-electron chi connectivity index (χ3n) is 10.1. The molecule has 1 rings (SSSR count). The van der Waals surface area contributed by atoms with E-state index in [0.717, 1.165) is 38.5 Å². The fraction of sp³-hybridized carbons (Fsp3) is 0.837. The van der Waals surface area contributed by atoms with Crippen molar-refractivity contribution in [2.45, 2.75) is 185 Å². The number of ether oxygens (including phenoxy) is 1. The van der Waals surface area contributed by atoms with E-state index in [4.69, 9.17) is 13.8 Å². The zero-order chi connectivity index (χ0) is 41.7. The summed E-state index contributed by atoms with van der Waals surface area (Å²) in [5, 5.41) is 44.7. The number of hydrogen-bond donors (Lipinski definition) is 5. The van der Waals surface area contributed by atoms with Crippen molar-refractivity contribution in [3.63, 3.8) is 0 Å². The van der Waals surface area contributed by atoms with Gasteiger partial charge in [0.2, 0.25) is 5.91 Å². The zero-order valence-corrected chi connectivity index (χ0v) is 36.5.